The minimum absolute atomic E-state index is 0.00630. The molecule has 1 atom stereocenters. The average molecular weight is 203 g/mol. The lowest BCUT2D eigenvalue weighted by Gasteiger charge is -2.14. The molecule has 0 radical (unpaired) electrons. The van der Waals surface area contributed by atoms with E-state index in [1.54, 1.807) is 7.05 Å². The fraction of sp³-hybridized carbons (Fsp3) is 0.333. The average Bonchev–Trinajstić information content (AvgIpc) is 2.10. The molecule has 0 fully saturated rings. The second-order valence-corrected chi connectivity index (χ2v) is 3.31. The zero-order chi connectivity index (χ0) is 10.0. The van der Waals surface area contributed by atoms with Gasteiger partial charge in [-0.25, -0.2) is 4.39 Å². The molecule has 0 saturated carbocycles. The minimum Gasteiger partial charge on any atom is -0.397 e. The Hall–Kier alpha value is -0.800. The van der Waals surface area contributed by atoms with Crippen LogP contribution < -0.4 is 11.1 Å². The van der Waals surface area contributed by atoms with Crippen LogP contribution in [0.1, 0.15) is 18.5 Å². The van der Waals surface area contributed by atoms with Crippen LogP contribution in [0, 0.1) is 5.82 Å². The van der Waals surface area contributed by atoms with E-state index in [1.807, 2.05) is 6.92 Å². The molecule has 0 aliphatic rings. The van der Waals surface area contributed by atoms with Crippen molar-refractivity contribution >= 4 is 17.3 Å². The van der Waals surface area contributed by atoms with Crippen molar-refractivity contribution in [3.63, 3.8) is 0 Å². The summed E-state index contributed by atoms with van der Waals surface area (Å²) in [5.41, 5.74) is 6.81. The largest absolute Gasteiger partial charge is 0.397 e. The molecule has 1 aromatic rings. The van der Waals surface area contributed by atoms with Gasteiger partial charge in [-0.2, -0.15) is 0 Å². The Morgan fingerprint density at radius 3 is 2.69 bits per heavy atom. The Kier molecular flexibility index (Phi) is 3.12. The van der Waals surface area contributed by atoms with E-state index in [4.69, 9.17) is 17.3 Å². The van der Waals surface area contributed by atoms with Crippen molar-refractivity contribution in [3.8, 4) is 0 Å². The molecule has 3 N–H and O–H groups in total. The summed E-state index contributed by atoms with van der Waals surface area (Å²) in [7, 11) is 1.78. The number of hydrogen-bond donors (Lipinski definition) is 2. The molecule has 1 rings (SSSR count). The van der Waals surface area contributed by atoms with Gasteiger partial charge in [-0.1, -0.05) is 11.6 Å². The van der Waals surface area contributed by atoms with Crippen LogP contribution >= 0.6 is 11.6 Å². The van der Waals surface area contributed by atoms with E-state index >= 15 is 0 Å². The molecule has 0 aliphatic carbocycles. The number of rotatable bonds is 2. The van der Waals surface area contributed by atoms with Crippen LogP contribution in [0.2, 0.25) is 5.02 Å². The maximum Gasteiger partial charge on any atom is 0.125 e. The fourth-order valence-corrected chi connectivity index (χ4v) is 1.33. The van der Waals surface area contributed by atoms with E-state index in [2.05, 4.69) is 5.32 Å². The Morgan fingerprint density at radius 2 is 2.15 bits per heavy atom. The monoisotopic (exact) mass is 202 g/mol. The Balaban J connectivity index is 3.20. The molecule has 0 bridgehead atoms. The molecule has 0 spiro atoms. The maximum atomic E-state index is 12.9. The summed E-state index contributed by atoms with van der Waals surface area (Å²) >= 11 is 5.73. The topological polar surface area (TPSA) is 38.0 Å². The van der Waals surface area contributed by atoms with Crippen molar-refractivity contribution in [1.82, 2.24) is 5.32 Å². The third kappa shape index (κ3) is 2.11. The molecule has 13 heavy (non-hydrogen) atoms. The van der Waals surface area contributed by atoms with Crippen LogP contribution in [-0.4, -0.2) is 7.05 Å². The predicted molar refractivity (Wildman–Crippen MR) is 53.3 cm³/mol. The van der Waals surface area contributed by atoms with Crippen molar-refractivity contribution < 1.29 is 4.39 Å². The smallest absolute Gasteiger partial charge is 0.125 e. The highest BCUT2D eigenvalue weighted by Gasteiger charge is 2.11. The summed E-state index contributed by atoms with van der Waals surface area (Å²) < 4.78 is 12.9. The summed E-state index contributed by atoms with van der Waals surface area (Å²) in [6.45, 7) is 1.89. The Labute approximate surface area is 81.9 Å². The van der Waals surface area contributed by atoms with Gasteiger partial charge in [-0.05, 0) is 31.7 Å². The van der Waals surface area contributed by atoms with Gasteiger partial charge in [0.2, 0.25) is 0 Å². The molecule has 4 heteroatoms. The van der Waals surface area contributed by atoms with Gasteiger partial charge in [-0.15, -0.1) is 0 Å². The molecular formula is C9H12ClFN2. The molecule has 1 aromatic carbocycles. The van der Waals surface area contributed by atoms with Gasteiger partial charge in [0.25, 0.3) is 0 Å². The van der Waals surface area contributed by atoms with E-state index in [-0.39, 0.29) is 16.9 Å². The number of nitrogen functional groups attached to an aromatic ring is 1. The maximum absolute atomic E-state index is 12.9. The molecule has 2 nitrogen and oxygen atoms in total. The quantitative estimate of drug-likeness (QED) is 0.723. The number of benzene rings is 1. The van der Waals surface area contributed by atoms with Crippen molar-refractivity contribution in [2.45, 2.75) is 13.0 Å². The zero-order valence-electron chi connectivity index (χ0n) is 7.57. The van der Waals surface area contributed by atoms with E-state index in [1.165, 1.54) is 12.1 Å². The van der Waals surface area contributed by atoms with Crippen LogP contribution in [-0.2, 0) is 0 Å². The normalized spacial score (nSPS) is 12.9. The zero-order valence-corrected chi connectivity index (χ0v) is 8.32. The van der Waals surface area contributed by atoms with Crippen LogP contribution in [0.5, 0.6) is 0 Å². The number of anilines is 1. The molecule has 72 valence electrons. The first-order valence-electron chi connectivity index (χ1n) is 3.98. The summed E-state index contributed by atoms with van der Waals surface area (Å²) in [5, 5.41) is 3.23. The number of nitrogens with one attached hydrogen (secondary N) is 1. The molecule has 0 amide bonds. The Bertz CT molecular complexity index is 315. The van der Waals surface area contributed by atoms with E-state index in [0.717, 1.165) is 0 Å². The number of halogens is 2. The standard InChI is InChI=1S/C9H12ClFN2/c1-5(13-2)7-3-6(11)4-8(10)9(7)12/h3-5,13H,12H2,1-2H3/t5-/m1/s1. The van der Waals surface area contributed by atoms with Gasteiger partial charge in [0.15, 0.2) is 0 Å². The van der Waals surface area contributed by atoms with Gasteiger partial charge < -0.3 is 11.1 Å². The van der Waals surface area contributed by atoms with Crippen LogP contribution in [0.3, 0.4) is 0 Å². The number of hydrogen-bond acceptors (Lipinski definition) is 2. The number of nitrogens with two attached hydrogens (primary N) is 1. The molecule has 0 unspecified atom stereocenters. The third-order valence-corrected chi connectivity index (χ3v) is 2.34. The third-order valence-electron chi connectivity index (χ3n) is 2.03. The van der Waals surface area contributed by atoms with Gasteiger partial charge >= 0.3 is 0 Å². The minimum atomic E-state index is -0.365. The predicted octanol–water partition coefficient (Wildman–Crippen LogP) is 2.34. The summed E-state index contributed by atoms with van der Waals surface area (Å²) in [6, 6.07) is 2.60. The Morgan fingerprint density at radius 1 is 1.54 bits per heavy atom. The first kappa shape index (κ1) is 10.3. The summed E-state index contributed by atoms with van der Waals surface area (Å²) in [6.07, 6.45) is 0. The first-order valence-corrected chi connectivity index (χ1v) is 4.35. The van der Waals surface area contributed by atoms with Crippen LogP contribution in [0.4, 0.5) is 10.1 Å². The van der Waals surface area contributed by atoms with E-state index in [0.29, 0.717) is 11.3 Å². The molecule has 0 saturated heterocycles. The van der Waals surface area contributed by atoms with Crippen molar-refractivity contribution in [1.29, 1.82) is 0 Å². The highest BCUT2D eigenvalue weighted by Crippen LogP contribution is 2.28. The van der Waals surface area contributed by atoms with Gasteiger partial charge in [0, 0.05) is 6.04 Å². The van der Waals surface area contributed by atoms with Gasteiger partial charge in [-0.3, -0.25) is 0 Å². The lowest BCUT2D eigenvalue weighted by molar-refractivity contribution is 0.610. The highest BCUT2D eigenvalue weighted by atomic mass is 35.5. The fourth-order valence-electron chi connectivity index (χ4n) is 1.12. The van der Waals surface area contributed by atoms with Crippen molar-refractivity contribution in [2.75, 3.05) is 12.8 Å². The lowest BCUT2D eigenvalue weighted by Crippen LogP contribution is -2.14. The molecule has 0 aromatic heterocycles. The van der Waals surface area contributed by atoms with E-state index < -0.39 is 0 Å². The lowest BCUT2D eigenvalue weighted by atomic mass is 10.1. The molecule has 0 aliphatic heterocycles. The van der Waals surface area contributed by atoms with Gasteiger partial charge in [0.1, 0.15) is 5.82 Å². The van der Waals surface area contributed by atoms with E-state index in [9.17, 15) is 4.39 Å². The second-order valence-electron chi connectivity index (χ2n) is 2.90. The molecular weight excluding hydrogens is 191 g/mol. The van der Waals surface area contributed by atoms with Crippen LogP contribution in [0.15, 0.2) is 12.1 Å². The molecule has 0 heterocycles. The van der Waals surface area contributed by atoms with Crippen LogP contribution in [0.25, 0.3) is 0 Å². The van der Waals surface area contributed by atoms with Crippen molar-refractivity contribution in [2.24, 2.45) is 0 Å². The second kappa shape index (κ2) is 3.94. The SMILES string of the molecule is CN[C@H](C)c1cc(F)cc(Cl)c1N. The summed E-state index contributed by atoms with van der Waals surface area (Å²) in [4.78, 5) is 0. The summed E-state index contributed by atoms with van der Waals surface area (Å²) in [5.74, 6) is -0.365. The van der Waals surface area contributed by atoms with Gasteiger partial charge in [0.05, 0.1) is 10.7 Å². The van der Waals surface area contributed by atoms with Crippen molar-refractivity contribution in [3.05, 3.63) is 28.5 Å². The first-order chi connectivity index (χ1) is 6.06. The highest BCUT2D eigenvalue weighted by molar-refractivity contribution is 6.33.